The molecule has 0 atom stereocenters. The van der Waals surface area contributed by atoms with E-state index in [0.29, 0.717) is 5.69 Å². The molecule has 4 aromatic rings. The maximum atomic E-state index is 13.2. The molecule has 4 rings (SSSR count). The van der Waals surface area contributed by atoms with Crippen molar-refractivity contribution < 1.29 is 18.0 Å². The number of amides is 1. The van der Waals surface area contributed by atoms with Gasteiger partial charge in [0.15, 0.2) is 0 Å². The van der Waals surface area contributed by atoms with Gasteiger partial charge < -0.3 is 14.8 Å². The second kappa shape index (κ2) is 8.53. The number of hydrogen-bond acceptors (Lipinski definition) is 5. The molecule has 4 heterocycles. The summed E-state index contributed by atoms with van der Waals surface area (Å²) in [6.07, 6.45) is 1.02. The molecule has 0 radical (unpaired) electrons. The summed E-state index contributed by atoms with van der Waals surface area (Å²) in [5.41, 5.74) is 1.73. The van der Waals surface area contributed by atoms with Crippen LogP contribution in [-0.2, 0) is 12.7 Å². The number of carbonyl (C=O) groups is 1. The van der Waals surface area contributed by atoms with Gasteiger partial charge in [0.05, 0.1) is 17.4 Å². The summed E-state index contributed by atoms with van der Waals surface area (Å²) in [6.45, 7) is 2.08. The number of nitrogens with zero attached hydrogens (tertiary/aromatic N) is 5. The fourth-order valence-electron chi connectivity index (χ4n) is 3.42. The molecule has 33 heavy (non-hydrogen) atoms. The number of nitrogens with one attached hydrogen (secondary N) is 1. The van der Waals surface area contributed by atoms with Gasteiger partial charge in [0, 0.05) is 44.6 Å². The van der Waals surface area contributed by atoms with E-state index in [-0.39, 0.29) is 23.3 Å². The molecule has 170 valence electrons. The van der Waals surface area contributed by atoms with Gasteiger partial charge in [-0.25, -0.2) is 9.97 Å². The van der Waals surface area contributed by atoms with E-state index >= 15 is 0 Å². The number of carbonyl (C=O) groups excluding carboxylic acids is 1. The normalized spacial score (nSPS) is 11.6. The Morgan fingerprint density at radius 2 is 1.82 bits per heavy atom. The Hall–Kier alpha value is -3.95. The van der Waals surface area contributed by atoms with Gasteiger partial charge in [0.2, 0.25) is 0 Å². The van der Waals surface area contributed by atoms with Crippen LogP contribution in [0.4, 0.5) is 24.7 Å². The number of halogens is 3. The van der Waals surface area contributed by atoms with Gasteiger partial charge in [-0.15, -0.1) is 0 Å². The average Bonchev–Trinajstić information content (AvgIpc) is 3.13. The average molecular weight is 454 g/mol. The zero-order valence-corrected chi connectivity index (χ0v) is 18.2. The lowest BCUT2D eigenvalue weighted by Gasteiger charge is -2.15. The van der Waals surface area contributed by atoms with E-state index in [1.807, 2.05) is 32.0 Å². The van der Waals surface area contributed by atoms with Crippen LogP contribution in [0.25, 0.3) is 11.0 Å². The molecule has 0 aliphatic rings. The summed E-state index contributed by atoms with van der Waals surface area (Å²) < 4.78 is 41.2. The Bertz CT molecular complexity index is 1320. The SMILES string of the molecule is Cc1cc(N(C)C)ncc1NC(=O)c1cc2cc(C(F)(F)F)cnc2n1Cc1ccncc1. The van der Waals surface area contributed by atoms with Crippen LogP contribution in [-0.4, -0.2) is 39.5 Å². The van der Waals surface area contributed by atoms with Crippen LogP contribution in [0.5, 0.6) is 0 Å². The number of rotatable bonds is 5. The van der Waals surface area contributed by atoms with Gasteiger partial charge in [0.1, 0.15) is 17.2 Å². The third-order valence-electron chi connectivity index (χ3n) is 5.19. The van der Waals surface area contributed by atoms with Crippen LogP contribution in [0.3, 0.4) is 0 Å². The van der Waals surface area contributed by atoms with Crippen LogP contribution < -0.4 is 10.2 Å². The van der Waals surface area contributed by atoms with Crippen molar-refractivity contribution in [1.29, 1.82) is 0 Å². The van der Waals surface area contributed by atoms with Crippen LogP contribution in [0.2, 0.25) is 0 Å². The number of aryl methyl sites for hydroxylation is 1. The number of hydrogen-bond donors (Lipinski definition) is 1. The number of alkyl halides is 3. The molecule has 0 unspecified atom stereocenters. The van der Waals surface area contributed by atoms with Crippen molar-refractivity contribution in [2.75, 3.05) is 24.3 Å². The Morgan fingerprint density at radius 1 is 1.09 bits per heavy atom. The van der Waals surface area contributed by atoms with Gasteiger partial charge in [-0.2, -0.15) is 13.2 Å². The van der Waals surface area contributed by atoms with Gasteiger partial charge >= 0.3 is 6.18 Å². The first-order chi connectivity index (χ1) is 15.6. The fourth-order valence-corrected chi connectivity index (χ4v) is 3.42. The van der Waals surface area contributed by atoms with E-state index in [1.165, 1.54) is 6.07 Å². The van der Waals surface area contributed by atoms with Crippen molar-refractivity contribution in [2.24, 2.45) is 0 Å². The number of pyridine rings is 3. The van der Waals surface area contributed by atoms with E-state index in [4.69, 9.17) is 0 Å². The molecule has 0 bridgehead atoms. The molecular weight excluding hydrogens is 433 g/mol. The van der Waals surface area contributed by atoms with Crippen molar-refractivity contribution in [3.05, 3.63) is 77.5 Å². The summed E-state index contributed by atoms with van der Waals surface area (Å²) in [5, 5.41) is 3.05. The van der Waals surface area contributed by atoms with Gasteiger partial charge in [0.25, 0.3) is 5.91 Å². The molecule has 7 nitrogen and oxygen atoms in total. The maximum Gasteiger partial charge on any atom is 0.417 e. The number of anilines is 2. The fraction of sp³-hybridized carbons (Fsp3) is 0.217. The lowest BCUT2D eigenvalue weighted by molar-refractivity contribution is -0.137. The van der Waals surface area contributed by atoms with Crippen molar-refractivity contribution in [3.8, 4) is 0 Å². The molecule has 0 aromatic carbocycles. The predicted molar refractivity (Wildman–Crippen MR) is 119 cm³/mol. The highest BCUT2D eigenvalue weighted by Gasteiger charge is 2.32. The Labute approximate surface area is 187 Å². The highest BCUT2D eigenvalue weighted by atomic mass is 19.4. The Balaban J connectivity index is 1.76. The van der Waals surface area contributed by atoms with Crippen LogP contribution >= 0.6 is 0 Å². The predicted octanol–water partition coefficient (Wildman–Crippen LogP) is 4.52. The third kappa shape index (κ3) is 4.64. The lowest BCUT2D eigenvalue weighted by Crippen LogP contribution is -2.19. The second-order valence-electron chi connectivity index (χ2n) is 7.81. The van der Waals surface area contributed by atoms with Gasteiger partial charge in [-0.3, -0.25) is 9.78 Å². The highest BCUT2D eigenvalue weighted by Crippen LogP contribution is 2.32. The molecule has 0 fully saturated rings. The molecule has 4 aromatic heterocycles. The molecule has 1 amide bonds. The first kappa shape index (κ1) is 22.3. The summed E-state index contributed by atoms with van der Waals surface area (Å²) in [7, 11) is 3.72. The molecular formula is C23H21F3N6O. The van der Waals surface area contributed by atoms with E-state index in [1.54, 1.807) is 35.3 Å². The number of fused-ring (bicyclic) bond motifs is 1. The van der Waals surface area contributed by atoms with Crippen molar-refractivity contribution in [1.82, 2.24) is 19.5 Å². The Kier molecular flexibility index (Phi) is 5.75. The van der Waals surface area contributed by atoms with Gasteiger partial charge in [-0.1, -0.05) is 0 Å². The highest BCUT2D eigenvalue weighted by molar-refractivity contribution is 6.06. The van der Waals surface area contributed by atoms with Crippen molar-refractivity contribution in [3.63, 3.8) is 0 Å². The van der Waals surface area contributed by atoms with Gasteiger partial charge in [-0.05, 0) is 48.4 Å². The third-order valence-corrected chi connectivity index (χ3v) is 5.19. The second-order valence-corrected chi connectivity index (χ2v) is 7.81. The van der Waals surface area contributed by atoms with Crippen molar-refractivity contribution >= 4 is 28.4 Å². The van der Waals surface area contributed by atoms with Crippen LogP contribution in [0.15, 0.2) is 55.1 Å². The van der Waals surface area contributed by atoms with Crippen molar-refractivity contribution in [2.45, 2.75) is 19.6 Å². The summed E-state index contributed by atoms with van der Waals surface area (Å²) in [6, 6.07) is 7.79. The summed E-state index contributed by atoms with van der Waals surface area (Å²) in [5.74, 6) is 0.263. The monoisotopic (exact) mass is 454 g/mol. The molecule has 0 saturated carbocycles. The largest absolute Gasteiger partial charge is 0.417 e. The quantitative estimate of drug-likeness (QED) is 0.480. The minimum Gasteiger partial charge on any atom is -0.363 e. The smallest absolute Gasteiger partial charge is 0.363 e. The lowest BCUT2D eigenvalue weighted by atomic mass is 10.2. The number of aromatic nitrogens is 4. The first-order valence-corrected chi connectivity index (χ1v) is 10.0. The molecule has 0 spiro atoms. The maximum absolute atomic E-state index is 13.2. The zero-order valence-electron chi connectivity index (χ0n) is 18.2. The minimum atomic E-state index is -4.53. The van der Waals surface area contributed by atoms with E-state index in [0.717, 1.165) is 29.2 Å². The molecule has 0 aliphatic heterocycles. The Morgan fingerprint density at radius 3 is 2.45 bits per heavy atom. The standard InChI is InChI=1S/C23H21F3N6O/c1-14-8-20(31(2)3)28-12-18(14)30-22(33)19-10-16-9-17(23(24,25)26)11-29-21(16)32(19)13-15-4-6-27-7-5-15/h4-12H,13H2,1-3H3,(H,30,33). The van der Waals surface area contributed by atoms with E-state index in [2.05, 4.69) is 20.3 Å². The zero-order chi connectivity index (χ0) is 23.8. The first-order valence-electron chi connectivity index (χ1n) is 10.0. The molecule has 10 heteroatoms. The molecule has 0 aliphatic carbocycles. The summed E-state index contributed by atoms with van der Waals surface area (Å²) >= 11 is 0. The van der Waals surface area contributed by atoms with E-state index in [9.17, 15) is 18.0 Å². The molecule has 1 N–H and O–H groups in total. The van der Waals surface area contributed by atoms with Crippen LogP contribution in [0, 0.1) is 6.92 Å². The van der Waals surface area contributed by atoms with E-state index < -0.39 is 17.6 Å². The molecule has 0 saturated heterocycles. The summed E-state index contributed by atoms with van der Waals surface area (Å²) in [4.78, 5) is 27.4. The topological polar surface area (TPSA) is 75.9 Å². The van der Waals surface area contributed by atoms with Crippen LogP contribution in [0.1, 0.15) is 27.2 Å². The minimum absolute atomic E-state index is 0.185.